The molecule has 166 valence electrons. The van der Waals surface area contributed by atoms with Crippen molar-refractivity contribution >= 4 is 11.7 Å². The van der Waals surface area contributed by atoms with Crippen molar-refractivity contribution in [2.75, 3.05) is 18.6 Å². The first kappa shape index (κ1) is 20.8. The Morgan fingerprint density at radius 3 is 2.69 bits per heavy atom. The van der Waals surface area contributed by atoms with E-state index in [2.05, 4.69) is 6.07 Å². The summed E-state index contributed by atoms with van der Waals surface area (Å²) < 4.78 is 25.9. The van der Waals surface area contributed by atoms with Gasteiger partial charge in [0.1, 0.15) is 29.3 Å². The molecule has 1 N–H and O–H groups in total. The maximum absolute atomic E-state index is 14.7. The van der Waals surface area contributed by atoms with Crippen LogP contribution in [0.15, 0.2) is 30.3 Å². The number of hydrogen-bond acceptors (Lipinski definition) is 5. The highest BCUT2D eigenvalue weighted by Crippen LogP contribution is 2.48. The fraction of sp³-hybridized carbons (Fsp3) is 0.440. The number of hydrogen-bond donors (Lipinski definition) is 1. The smallest absolute Gasteiger partial charge is 0.307 e. The van der Waals surface area contributed by atoms with Gasteiger partial charge in [0.2, 0.25) is 0 Å². The number of fused-ring (bicyclic) bond motifs is 1. The Hall–Kier alpha value is -3.11. The van der Waals surface area contributed by atoms with Crippen LogP contribution in [0.1, 0.15) is 47.4 Å². The quantitative estimate of drug-likeness (QED) is 0.737. The van der Waals surface area contributed by atoms with Crippen LogP contribution in [0.5, 0.6) is 5.75 Å². The van der Waals surface area contributed by atoms with Gasteiger partial charge < -0.3 is 19.5 Å². The minimum absolute atomic E-state index is 0.00214. The highest BCUT2D eigenvalue weighted by atomic mass is 19.1. The Kier molecular flexibility index (Phi) is 5.26. The molecule has 0 unspecified atom stereocenters. The van der Waals surface area contributed by atoms with Gasteiger partial charge in [0.05, 0.1) is 17.7 Å². The van der Waals surface area contributed by atoms with Gasteiger partial charge in [0.25, 0.3) is 0 Å². The van der Waals surface area contributed by atoms with Gasteiger partial charge in [0, 0.05) is 45.2 Å². The van der Waals surface area contributed by atoms with E-state index in [0.29, 0.717) is 30.9 Å². The van der Waals surface area contributed by atoms with Crippen molar-refractivity contribution in [3.8, 4) is 11.8 Å². The van der Waals surface area contributed by atoms with Gasteiger partial charge in [-0.15, -0.1) is 0 Å². The molecule has 5 rings (SSSR count). The fourth-order valence-electron chi connectivity index (χ4n) is 4.84. The van der Waals surface area contributed by atoms with Crippen molar-refractivity contribution in [3.05, 3.63) is 58.4 Å². The third kappa shape index (κ3) is 3.80. The Balaban J connectivity index is 1.35. The normalized spacial score (nSPS) is 26.0. The third-order valence-corrected chi connectivity index (χ3v) is 6.96. The molecule has 2 aliphatic carbocycles. The number of ether oxygens (including phenoxy) is 2. The minimum atomic E-state index is -0.730. The van der Waals surface area contributed by atoms with Gasteiger partial charge in [-0.2, -0.15) is 5.26 Å². The summed E-state index contributed by atoms with van der Waals surface area (Å²) in [5.41, 5.74) is 3.97. The molecule has 2 aromatic carbocycles. The number of aliphatic carboxylic acids is 1. The number of nitriles is 1. The molecule has 7 heteroatoms. The maximum Gasteiger partial charge on any atom is 0.307 e. The first-order valence-electron chi connectivity index (χ1n) is 11.0. The van der Waals surface area contributed by atoms with Gasteiger partial charge in [0.15, 0.2) is 0 Å². The third-order valence-electron chi connectivity index (χ3n) is 6.96. The average molecular weight is 436 g/mol. The maximum atomic E-state index is 14.7. The molecule has 3 aliphatic rings. The van der Waals surface area contributed by atoms with E-state index in [1.165, 1.54) is 11.6 Å². The van der Waals surface area contributed by atoms with Crippen molar-refractivity contribution in [2.45, 2.75) is 50.4 Å². The molecule has 0 aromatic heterocycles. The molecular weight excluding hydrogens is 411 g/mol. The van der Waals surface area contributed by atoms with E-state index >= 15 is 0 Å². The lowest BCUT2D eigenvalue weighted by atomic mass is 9.92. The van der Waals surface area contributed by atoms with E-state index in [4.69, 9.17) is 9.47 Å². The lowest BCUT2D eigenvalue weighted by Crippen LogP contribution is -2.39. The Bertz CT molecular complexity index is 1110. The molecule has 2 fully saturated rings. The number of nitrogens with zero attached hydrogens (tertiary/aromatic N) is 2. The first-order chi connectivity index (χ1) is 15.5. The molecule has 1 aliphatic heterocycles. The molecule has 32 heavy (non-hydrogen) atoms. The van der Waals surface area contributed by atoms with E-state index in [1.54, 1.807) is 13.2 Å². The van der Waals surface area contributed by atoms with Gasteiger partial charge in [-0.25, -0.2) is 4.39 Å². The summed E-state index contributed by atoms with van der Waals surface area (Å²) in [5.74, 6) is -1.03. The number of carboxylic acids is 1. The van der Waals surface area contributed by atoms with Crippen molar-refractivity contribution in [2.24, 2.45) is 5.92 Å². The molecule has 1 heterocycles. The molecule has 2 saturated carbocycles. The summed E-state index contributed by atoms with van der Waals surface area (Å²) in [5, 5.41) is 18.8. The van der Waals surface area contributed by atoms with Crippen LogP contribution in [0.3, 0.4) is 0 Å². The summed E-state index contributed by atoms with van der Waals surface area (Å²) in [4.78, 5) is 13.2. The molecule has 0 bridgehead atoms. The number of carboxylic acid groups (broad SMARTS) is 1. The Morgan fingerprint density at radius 2 is 2.00 bits per heavy atom. The minimum Gasteiger partial charge on any atom is -0.490 e. The van der Waals surface area contributed by atoms with Crippen LogP contribution < -0.4 is 9.64 Å². The standard InChI is InChI=1S/C25H25FN2O4/c1-31-17-7-18(8-17)32-19-9-23(26)22(12-27)24(10-19)28-5-4-14-6-15(2-3-16(14)13-28)20-11-21(20)25(29)30/h2-3,6,9-10,17-18,20-21H,4-5,7-8,11,13H2,1H3,(H,29,30)/t17-,18-,20-,21+/m1/s1. The van der Waals surface area contributed by atoms with E-state index < -0.39 is 11.8 Å². The Morgan fingerprint density at radius 1 is 1.19 bits per heavy atom. The predicted octanol–water partition coefficient (Wildman–Crippen LogP) is 4.00. The lowest BCUT2D eigenvalue weighted by Gasteiger charge is -2.35. The van der Waals surface area contributed by atoms with Gasteiger partial charge in [-0.3, -0.25) is 4.79 Å². The van der Waals surface area contributed by atoms with Crippen LogP contribution in [-0.2, 0) is 22.5 Å². The molecule has 0 amide bonds. The molecule has 6 nitrogen and oxygen atoms in total. The van der Waals surface area contributed by atoms with E-state index in [-0.39, 0.29) is 29.6 Å². The van der Waals surface area contributed by atoms with Crippen molar-refractivity contribution in [1.29, 1.82) is 5.26 Å². The predicted molar refractivity (Wildman–Crippen MR) is 115 cm³/mol. The highest BCUT2D eigenvalue weighted by Gasteiger charge is 2.44. The van der Waals surface area contributed by atoms with Crippen molar-refractivity contribution < 1.29 is 23.8 Å². The van der Waals surface area contributed by atoms with Crippen LogP contribution >= 0.6 is 0 Å². The van der Waals surface area contributed by atoms with Crippen LogP contribution in [0, 0.1) is 23.1 Å². The van der Waals surface area contributed by atoms with Crippen molar-refractivity contribution in [1.82, 2.24) is 0 Å². The second kappa shape index (κ2) is 8.10. The molecule has 2 atom stereocenters. The van der Waals surface area contributed by atoms with E-state index in [1.807, 2.05) is 23.1 Å². The highest BCUT2D eigenvalue weighted by molar-refractivity contribution is 5.75. The van der Waals surface area contributed by atoms with Gasteiger partial charge in [-0.1, -0.05) is 18.2 Å². The Labute approximate surface area is 186 Å². The monoisotopic (exact) mass is 436 g/mol. The molecule has 0 saturated heterocycles. The van der Waals surface area contributed by atoms with Crippen molar-refractivity contribution in [3.63, 3.8) is 0 Å². The summed E-state index contributed by atoms with van der Waals surface area (Å²) >= 11 is 0. The van der Waals surface area contributed by atoms with Gasteiger partial charge >= 0.3 is 5.97 Å². The number of benzene rings is 2. The zero-order valence-electron chi connectivity index (χ0n) is 17.9. The van der Waals surface area contributed by atoms with Gasteiger partial charge in [-0.05, 0) is 35.4 Å². The summed E-state index contributed by atoms with van der Waals surface area (Å²) in [6.45, 7) is 1.21. The number of halogens is 1. The topological polar surface area (TPSA) is 82.8 Å². The first-order valence-corrected chi connectivity index (χ1v) is 11.0. The average Bonchev–Trinajstić information content (AvgIpc) is 3.56. The zero-order valence-corrected chi connectivity index (χ0v) is 17.9. The molecule has 2 aromatic rings. The zero-order chi connectivity index (χ0) is 22.4. The van der Waals surface area contributed by atoms with Crippen LogP contribution in [0.25, 0.3) is 0 Å². The largest absolute Gasteiger partial charge is 0.490 e. The van der Waals surface area contributed by atoms with Crippen LogP contribution in [0.2, 0.25) is 0 Å². The second-order valence-corrected chi connectivity index (χ2v) is 8.97. The van der Waals surface area contributed by atoms with Crippen LogP contribution in [-0.4, -0.2) is 36.9 Å². The van der Waals surface area contributed by atoms with E-state index in [9.17, 15) is 19.6 Å². The molecular formula is C25H25FN2O4. The number of methoxy groups -OCH3 is 1. The lowest BCUT2D eigenvalue weighted by molar-refractivity contribution is -0.138. The SMILES string of the molecule is CO[C@H]1C[C@H](Oc2cc(F)c(C#N)c(N3CCc4cc([C@H]5C[C@@H]5C(=O)O)ccc4C3)c2)C1. The molecule has 0 spiro atoms. The summed E-state index contributed by atoms with van der Waals surface area (Å²) in [6.07, 6.45) is 3.19. The number of anilines is 1. The van der Waals surface area contributed by atoms with E-state index in [0.717, 1.165) is 30.4 Å². The number of carbonyl (C=O) groups is 1. The summed E-state index contributed by atoms with van der Waals surface area (Å²) in [7, 11) is 1.67. The molecule has 0 radical (unpaired) electrons. The number of rotatable bonds is 6. The fourth-order valence-corrected chi connectivity index (χ4v) is 4.84. The summed E-state index contributed by atoms with van der Waals surface area (Å²) in [6, 6.07) is 11.2. The second-order valence-electron chi connectivity index (χ2n) is 8.97. The van der Waals surface area contributed by atoms with Crippen LogP contribution in [0.4, 0.5) is 10.1 Å².